The number of amides is 2. The number of aliphatic hydroxyl groups is 6. The molecule has 14 atom stereocenters. The van der Waals surface area contributed by atoms with Gasteiger partial charge in [0, 0.05) is 6.92 Å². The number of aliphatic hydroxyl groups excluding tert-OH is 6. The molecule has 2 saturated heterocycles. The van der Waals surface area contributed by atoms with Gasteiger partial charge >= 0.3 is 25.7 Å². The Kier molecular flexibility index (Phi) is 56.0. The predicted octanol–water partition coefficient (Wildman–Crippen LogP) is 14.6. The minimum atomic E-state index is -5.58. The van der Waals surface area contributed by atoms with Gasteiger partial charge in [0.1, 0.15) is 42.6 Å². The van der Waals surface area contributed by atoms with Crippen molar-refractivity contribution in [2.24, 2.45) is 11.8 Å². The molecule has 606 valence electrons. The van der Waals surface area contributed by atoms with Crippen LogP contribution in [0.1, 0.15) is 363 Å². The molecule has 2 fully saturated rings. The second kappa shape index (κ2) is 60.0. The molecule has 2 rings (SSSR count). The van der Waals surface area contributed by atoms with E-state index in [1.165, 1.54) is 122 Å². The van der Waals surface area contributed by atoms with Crippen LogP contribution in [0, 0.1) is 11.8 Å². The average Bonchev–Trinajstić information content (AvgIpc) is 0.788. The van der Waals surface area contributed by atoms with E-state index in [0.29, 0.717) is 43.9 Å². The molecule has 0 unspecified atom stereocenters. The monoisotopic (exact) mass is 1490 g/mol. The number of hydrogen-bond donors (Lipinski definition) is 10. The molecular formula is C79H149N2O21P. The lowest BCUT2D eigenvalue weighted by Crippen LogP contribution is -2.67. The van der Waals surface area contributed by atoms with Crippen molar-refractivity contribution in [2.75, 3.05) is 13.2 Å². The number of hydrogen-bond acceptors (Lipinski definition) is 19. The number of nitrogens with one attached hydrogen (secondary N) is 2. The van der Waals surface area contributed by atoms with Gasteiger partial charge in [-0.1, -0.05) is 298 Å². The van der Waals surface area contributed by atoms with E-state index in [4.69, 9.17) is 32.9 Å². The second-order valence-electron chi connectivity index (χ2n) is 30.9. The predicted molar refractivity (Wildman–Crippen MR) is 400 cm³/mol. The molecule has 10 N–H and O–H groups in total. The molecule has 2 aliphatic heterocycles. The van der Waals surface area contributed by atoms with E-state index in [-0.39, 0.29) is 19.3 Å². The van der Waals surface area contributed by atoms with Crippen LogP contribution in [-0.2, 0) is 61.5 Å². The van der Waals surface area contributed by atoms with Gasteiger partial charge in [-0.15, -0.1) is 0 Å². The lowest BCUT2D eigenvalue weighted by Gasteiger charge is -2.46. The summed E-state index contributed by atoms with van der Waals surface area (Å²) in [5, 5.41) is 73.3. The molecule has 0 saturated carbocycles. The highest BCUT2D eigenvalue weighted by molar-refractivity contribution is 7.46. The fourth-order valence-electron chi connectivity index (χ4n) is 13.9. The quantitative estimate of drug-likeness (QED) is 0.0117. The molecule has 0 aromatic carbocycles. The van der Waals surface area contributed by atoms with Gasteiger partial charge in [0.15, 0.2) is 24.8 Å². The normalized spacial score (nSPS) is 22.0. The van der Waals surface area contributed by atoms with Crippen molar-refractivity contribution in [3.8, 4) is 0 Å². The van der Waals surface area contributed by atoms with Crippen molar-refractivity contribution in [1.29, 1.82) is 0 Å². The van der Waals surface area contributed by atoms with Gasteiger partial charge in [-0.2, -0.15) is 0 Å². The first-order valence-electron chi connectivity index (χ1n) is 41.2. The average molecular weight is 1490 g/mol. The van der Waals surface area contributed by atoms with Crippen molar-refractivity contribution in [2.45, 2.75) is 449 Å². The number of ether oxygens (including phenoxy) is 6. The van der Waals surface area contributed by atoms with Crippen molar-refractivity contribution < 1.29 is 102 Å². The third-order valence-electron chi connectivity index (χ3n) is 20.0. The van der Waals surface area contributed by atoms with Gasteiger partial charge < -0.3 is 79.5 Å². The van der Waals surface area contributed by atoms with Crippen LogP contribution in [0.3, 0.4) is 0 Å². The van der Waals surface area contributed by atoms with Gasteiger partial charge in [-0.05, 0) is 43.9 Å². The van der Waals surface area contributed by atoms with Crippen molar-refractivity contribution in [1.82, 2.24) is 10.6 Å². The summed E-state index contributed by atoms with van der Waals surface area (Å²) >= 11 is 0. The summed E-state index contributed by atoms with van der Waals surface area (Å²) in [4.78, 5) is 89.2. The fourth-order valence-corrected chi connectivity index (χ4v) is 14.4. The number of esters is 3. The summed E-state index contributed by atoms with van der Waals surface area (Å²) in [5.41, 5.74) is 0. The number of rotatable bonds is 66. The number of phosphoric ester groups is 1. The zero-order valence-corrected chi connectivity index (χ0v) is 66.0. The molecule has 0 spiro atoms. The highest BCUT2D eigenvalue weighted by atomic mass is 31.2. The molecule has 0 aliphatic carbocycles. The van der Waals surface area contributed by atoms with E-state index in [1.807, 2.05) is 0 Å². The molecule has 103 heavy (non-hydrogen) atoms. The number of carbonyl (C=O) groups excluding carboxylic acids is 5. The third kappa shape index (κ3) is 49.0. The van der Waals surface area contributed by atoms with Crippen LogP contribution in [0.5, 0.6) is 0 Å². The highest BCUT2D eigenvalue weighted by Crippen LogP contribution is 2.42. The molecular weight excluding hydrogens is 1340 g/mol. The van der Waals surface area contributed by atoms with Crippen molar-refractivity contribution >= 4 is 37.5 Å². The molecule has 0 bridgehead atoms. The Morgan fingerprint density at radius 1 is 0.427 bits per heavy atom. The fraction of sp³-hybridized carbons (Fsp3) is 0.937. The van der Waals surface area contributed by atoms with Gasteiger partial charge in [0.2, 0.25) is 11.8 Å². The van der Waals surface area contributed by atoms with Crippen LogP contribution in [0.25, 0.3) is 0 Å². The Bertz CT molecular complexity index is 2190. The minimum Gasteiger partial charge on any atom is -0.462 e. The van der Waals surface area contributed by atoms with Crippen LogP contribution in [0.4, 0.5) is 0 Å². The van der Waals surface area contributed by atoms with Gasteiger partial charge in [-0.25, -0.2) is 4.57 Å². The summed E-state index contributed by atoms with van der Waals surface area (Å²) in [5.74, 6) is -2.88. The van der Waals surface area contributed by atoms with Crippen LogP contribution in [-0.4, -0.2) is 169 Å². The summed E-state index contributed by atoms with van der Waals surface area (Å²) in [6.45, 7) is 12.8. The smallest absolute Gasteiger partial charge is 0.462 e. The maximum Gasteiger partial charge on any atom is 0.472 e. The van der Waals surface area contributed by atoms with Gasteiger partial charge in [-0.3, -0.25) is 28.5 Å². The molecule has 2 heterocycles. The molecule has 23 nitrogen and oxygen atoms in total. The Balaban J connectivity index is 2.46. The minimum absolute atomic E-state index is 0.238. The molecule has 24 heteroatoms. The molecule has 2 amide bonds. The molecule has 0 aromatic heterocycles. The van der Waals surface area contributed by atoms with E-state index < -0.39 is 162 Å². The third-order valence-corrected chi connectivity index (χ3v) is 20.5. The summed E-state index contributed by atoms with van der Waals surface area (Å²) in [6.07, 6.45) is 23.5. The van der Waals surface area contributed by atoms with Crippen LogP contribution in [0.15, 0.2) is 0 Å². The van der Waals surface area contributed by atoms with E-state index in [2.05, 4.69) is 52.2 Å². The largest absolute Gasteiger partial charge is 0.472 e. The van der Waals surface area contributed by atoms with Crippen LogP contribution in [0.2, 0.25) is 0 Å². The first kappa shape index (κ1) is 96.2. The van der Waals surface area contributed by atoms with Crippen molar-refractivity contribution in [3.63, 3.8) is 0 Å². The summed E-state index contributed by atoms with van der Waals surface area (Å²) in [7, 11) is -5.58. The van der Waals surface area contributed by atoms with E-state index in [9.17, 15) is 69.0 Å². The number of unbranched alkanes of at least 4 members (excludes halogenated alkanes) is 35. The van der Waals surface area contributed by atoms with Crippen LogP contribution >= 0.6 is 7.82 Å². The van der Waals surface area contributed by atoms with E-state index >= 15 is 0 Å². The van der Waals surface area contributed by atoms with E-state index in [0.717, 1.165) is 122 Å². The highest BCUT2D eigenvalue weighted by Gasteiger charge is 2.53. The van der Waals surface area contributed by atoms with Gasteiger partial charge in [0.05, 0.1) is 57.2 Å². The summed E-state index contributed by atoms with van der Waals surface area (Å²) < 4.78 is 53.7. The van der Waals surface area contributed by atoms with Gasteiger partial charge in [0.25, 0.3) is 0 Å². The first-order chi connectivity index (χ1) is 49.4. The molecule has 0 radical (unpaired) electrons. The standard InChI is InChI=1S/C79H149N2O21P/c1-8-10-12-14-16-18-20-26-33-39-45-51-64(86)55-71(90)101-77-73(80-68(87)53-62(84)49-43-37-31-27-21-23-29-35-41-47-59(3)4)79(102-103(93,94)95)99-67(75(77)92)58-96-78-72(81-69(88)56-65(97-61(7)83)52-46-40-34-28-22-24-30-36-42-48-60(5)6)76(74(91)66(57-82)98-78)100-70(89)54-63(85)50-44-38-32-25-19-17-15-13-11-9-2/h59-60,62-67,72-79,82,84-86,91-92H,8-58H2,1-7H3,(H,80,87)(H,81,88)(H2,93,94,95)/t62-,63-,64-,65-,66-,67-,72-,73-,74-,75-,76-,77-,78-,79-/m1/s1. The Hall–Kier alpha value is -2.90. The summed E-state index contributed by atoms with van der Waals surface area (Å²) in [6, 6.07) is -3.50. The van der Waals surface area contributed by atoms with Crippen molar-refractivity contribution in [3.05, 3.63) is 0 Å². The maximum atomic E-state index is 14.4. The van der Waals surface area contributed by atoms with Crippen LogP contribution < -0.4 is 10.6 Å². The number of carbonyl (C=O) groups is 5. The SMILES string of the molecule is CCCCCCCCCCCCC[C@@H](O)CC(=O)O[C@H]1[C@H](O)[C@@H](CO[C@@H]2O[C@H](CO)[C@@H](O)[C@H](OC(=O)C[C@H](O)CCCCCCCCCCCC)[C@H]2NC(=O)C[C@@H](CCCCCCCCCCCC(C)C)OC(C)=O)O[C@H](OP(=O)(O)O)[C@@H]1NC(=O)C[C@H](O)CCCCCCCCCCCC(C)C. The topological polar surface area (TPSA) is 353 Å². The molecule has 0 aromatic rings. The Labute approximate surface area is 621 Å². The lowest BCUT2D eigenvalue weighted by atomic mass is 9.95. The maximum absolute atomic E-state index is 14.4. The molecule has 2 aliphatic rings. The Morgan fingerprint density at radius 2 is 0.738 bits per heavy atom. The van der Waals surface area contributed by atoms with E-state index in [1.54, 1.807) is 0 Å². The number of phosphoric acid groups is 1. The zero-order chi connectivity index (χ0) is 76.1. The Morgan fingerprint density at radius 3 is 1.09 bits per heavy atom. The lowest BCUT2D eigenvalue weighted by molar-refractivity contribution is -0.298. The zero-order valence-electron chi connectivity index (χ0n) is 65.1. The first-order valence-corrected chi connectivity index (χ1v) is 42.7. The second-order valence-corrected chi connectivity index (χ2v) is 32.1.